The van der Waals surface area contributed by atoms with Crippen molar-refractivity contribution in [1.29, 1.82) is 0 Å². The van der Waals surface area contributed by atoms with Crippen LogP contribution < -0.4 is 5.48 Å². The van der Waals surface area contributed by atoms with Crippen molar-refractivity contribution in [3.05, 3.63) is 6.20 Å². The number of nitrogens with one attached hydrogen (secondary N) is 1. The van der Waals surface area contributed by atoms with Crippen LogP contribution in [-0.2, 0) is 9.68 Å². The smallest absolute Gasteiger partial charge is 0.125 e. The molecule has 0 aromatic rings. The average Bonchev–Trinajstić information content (AvgIpc) is 2.21. The Morgan fingerprint density at radius 3 is 2.93 bits per heavy atom. The summed E-state index contributed by atoms with van der Waals surface area (Å²) in [7, 11) is 0. The average molecular weight is 200 g/mol. The highest BCUT2D eigenvalue weighted by Crippen LogP contribution is 1.93. The van der Waals surface area contributed by atoms with Crippen molar-refractivity contribution in [3.8, 4) is 0 Å². The van der Waals surface area contributed by atoms with Gasteiger partial charge in [-0.2, -0.15) is 0 Å². The van der Waals surface area contributed by atoms with Gasteiger partial charge in [0.2, 0.25) is 0 Å². The minimum absolute atomic E-state index is 0.136. The SMILES string of the molecule is CCCCONC=C=NOC(C)CC. The van der Waals surface area contributed by atoms with Gasteiger partial charge in [-0.05, 0) is 24.9 Å². The molecular weight excluding hydrogens is 180 g/mol. The first-order valence-corrected chi connectivity index (χ1v) is 5.11. The molecule has 0 fully saturated rings. The van der Waals surface area contributed by atoms with Gasteiger partial charge in [0, 0.05) is 5.87 Å². The van der Waals surface area contributed by atoms with Crippen molar-refractivity contribution in [2.24, 2.45) is 5.16 Å². The van der Waals surface area contributed by atoms with Gasteiger partial charge in [-0.3, -0.25) is 10.3 Å². The molecule has 0 spiro atoms. The standard InChI is InChI=1S/C10H20N2O2/c1-4-6-9-13-11-7-8-12-14-10(3)5-2/h7,10-11H,4-6,9H2,1-3H3. The molecular formula is C10H20N2O2. The Morgan fingerprint density at radius 2 is 2.29 bits per heavy atom. The Labute approximate surface area is 85.9 Å². The molecule has 82 valence electrons. The summed E-state index contributed by atoms with van der Waals surface area (Å²) in [5.41, 5.74) is 2.60. The Bertz CT molecular complexity index is 177. The van der Waals surface area contributed by atoms with E-state index in [2.05, 4.69) is 23.4 Å². The van der Waals surface area contributed by atoms with Crippen molar-refractivity contribution in [1.82, 2.24) is 5.48 Å². The maximum Gasteiger partial charge on any atom is 0.125 e. The molecule has 0 radical (unpaired) electrons. The zero-order valence-corrected chi connectivity index (χ0v) is 9.25. The highest BCUT2D eigenvalue weighted by molar-refractivity contribution is 5.49. The fourth-order valence-corrected chi connectivity index (χ4v) is 0.565. The zero-order chi connectivity index (χ0) is 10.6. The summed E-state index contributed by atoms with van der Waals surface area (Å²) in [4.78, 5) is 10.0. The molecule has 0 rings (SSSR count). The lowest BCUT2D eigenvalue weighted by Gasteiger charge is -2.02. The summed E-state index contributed by atoms with van der Waals surface area (Å²) in [5, 5.41) is 3.61. The summed E-state index contributed by atoms with van der Waals surface area (Å²) in [6, 6.07) is 0. The van der Waals surface area contributed by atoms with Gasteiger partial charge in [-0.1, -0.05) is 20.3 Å². The molecule has 0 aromatic carbocycles. The molecule has 1 N–H and O–H groups in total. The maximum absolute atomic E-state index is 5.02. The molecule has 0 heterocycles. The van der Waals surface area contributed by atoms with Gasteiger partial charge in [0.15, 0.2) is 0 Å². The second-order valence-electron chi connectivity index (χ2n) is 3.01. The van der Waals surface area contributed by atoms with Crippen LogP contribution >= 0.6 is 0 Å². The minimum atomic E-state index is 0.136. The normalized spacial score (nSPS) is 11.4. The molecule has 0 amide bonds. The third-order valence-corrected chi connectivity index (χ3v) is 1.67. The maximum atomic E-state index is 5.02. The topological polar surface area (TPSA) is 42.8 Å². The molecule has 0 saturated carbocycles. The first kappa shape index (κ1) is 13.0. The molecule has 1 unspecified atom stereocenters. The summed E-state index contributed by atoms with van der Waals surface area (Å²) in [6.45, 7) is 6.80. The number of hydroxylamine groups is 1. The molecule has 0 aliphatic rings. The van der Waals surface area contributed by atoms with E-state index < -0.39 is 0 Å². The van der Waals surface area contributed by atoms with E-state index in [1.54, 1.807) is 0 Å². The van der Waals surface area contributed by atoms with Crippen LogP contribution in [0.1, 0.15) is 40.0 Å². The third-order valence-electron chi connectivity index (χ3n) is 1.67. The highest BCUT2D eigenvalue weighted by Gasteiger charge is 1.93. The Morgan fingerprint density at radius 1 is 1.50 bits per heavy atom. The monoisotopic (exact) mass is 200 g/mol. The summed E-state index contributed by atoms with van der Waals surface area (Å²) >= 11 is 0. The van der Waals surface area contributed by atoms with Gasteiger partial charge in [-0.15, -0.1) is 0 Å². The first-order valence-electron chi connectivity index (χ1n) is 5.11. The van der Waals surface area contributed by atoms with Crippen LogP contribution in [0, 0.1) is 0 Å². The number of unbranched alkanes of at least 4 members (excludes halogenated alkanes) is 1. The van der Waals surface area contributed by atoms with Crippen LogP contribution in [0.15, 0.2) is 11.4 Å². The first-order chi connectivity index (χ1) is 6.81. The van der Waals surface area contributed by atoms with Gasteiger partial charge >= 0.3 is 0 Å². The summed E-state index contributed by atoms with van der Waals surface area (Å²) < 4.78 is 0. The molecule has 0 aliphatic heterocycles. The van der Waals surface area contributed by atoms with Crippen LogP contribution in [0.25, 0.3) is 0 Å². The molecule has 4 nitrogen and oxygen atoms in total. The van der Waals surface area contributed by atoms with E-state index in [1.165, 1.54) is 6.20 Å². The number of nitrogens with zero attached hydrogens (tertiary/aromatic N) is 1. The third kappa shape index (κ3) is 9.10. The van der Waals surface area contributed by atoms with E-state index in [-0.39, 0.29) is 6.10 Å². The Kier molecular flexibility index (Phi) is 9.38. The summed E-state index contributed by atoms with van der Waals surface area (Å²) in [5.74, 6) is 2.57. The van der Waals surface area contributed by atoms with Crippen LogP contribution in [0.3, 0.4) is 0 Å². The lowest BCUT2D eigenvalue weighted by molar-refractivity contribution is 0.0662. The lowest BCUT2D eigenvalue weighted by Crippen LogP contribution is -2.07. The van der Waals surface area contributed by atoms with Gasteiger partial charge in [0.25, 0.3) is 0 Å². The molecule has 0 aliphatic carbocycles. The second kappa shape index (κ2) is 10.1. The molecule has 1 atom stereocenters. The molecule has 0 bridgehead atoms. The fraction of sp³-hybridized carbons (Fsp3) is 0.800. The molecule has 0 saturated heterocycles. The van der Waals surface area contributed by atoms with Crippen LogP contribution in [0.4, 0.5) is 0 Å². The van der Waals surface area contributed by atoms with E-state index in [0.29, 0.717) is 6.61 Å². The zero-order valence-electron chi connectivity index (χ0n) is 9.25. The van der Waals surface area contributed by atoms with Crippen molar-refractivity contribution in [2.75, 3.05) is 6.61 Å². The van der Waals surface area contributed by atoms with E-state index in [9.17, 15) is 0 Å². The predicted molar refractivity (Wildman–Crippen MR) is 56.8 cm³/mol. The van der Waals surface area contributed by atoms with Gasteiger partial charge in [0.1, 0.15) is 6.10 Å². The van der Waals surface area contributed by atoms with E-state index >= 15 is 0 Å². The highest BCUT2D eigenvalue weighted by atomic mass is 16.6. The van der Waals surface area contributed by atoms with Crippen LogP contribution in [-0.4, -0.2) is 18.6 Å². The van der Waals surface area contributed by atoms with Crippen LogP contribution in [0.2, 0.25) is 0 Å². The number of rotatable bonds is 8. The van der Waals surface area contributed by atoms with E-state index in [0.717, 1.165) is 19.3 Å². The van der Waals surface area contributed by atoms with Gasteiger partial charge in [-0.25, -0.2) is 0 Å². The van der Waals surface area contributed by atoms with Crippen LogP contribution in [0.5, 0.6) is 0 Å². The fourth-order valence-electron chi connectivity index (χ4n) is 0.565. The number of hydrogen-bond donors (Lipinski definition) is 1. The number of hydrogen-bond acceptors (Lipinski definition) is 4. The van der Waals surface area contributed by atoms with Gasteiger partial charge < -0.3 is 4.84 Å². The lowest BCUT2D eigenvalue weighted by atomic mass is 10.3. The minimum Gasteiger partial charge on any atom is -0.386 e. The van der Waals surface area contributed by atoms with Crippen molar-refractivity contribution in [3.63, 3.8) is 0 Å². The van der Waals surface area contributed by atoms with Gasteiger partial charge in [0.05, 0.1) is 12.8 Å². The van der Waals surface area contributed by atoms with Crippen molar-refractivity contribution in [2.45, 2.75) is 46.1 Å². The largest absolute Gasteiger partial charge is 0.386 e. The van der Waals surface area contributed by atoms with Crippen molar-refractivity contribution >= 4 is 5.87 Å². The second-order valence-corrected chi connectivity index (χ2v) is 3.01. The molecule has 4 heteroatoms. The Balaban J connectivity index is 3.33. The van der Waals surface area contributed by atoms with Crippen molar-refractivity contribution < 1.29 is 9.68 Å². The van der Waals surface area contributed by atoms with E-state index in [4.69, 9.17) is 9.68 Å². The molecule has 0 aromatic heterocycles. The van der Waals surface area contributed by atoms with E-state index in [1.807, 2.05) is 13.8 Å². The summed E-state index contributed by atoms with van der Waals surface area (Å²) in [6.07, 6.45) is 4.72. The predicted octanol–water partition coefficient (Wildman–Crippen LogP) is 2.22. The molecule has 14 heavy (non-hydrogen) atoms. The Hall–Kier alpha value is -0.990. The quantitative estimate of drug-likeness (QED) is 0.371.